The van der Waals surface area contributed by atoms with Crippen molar-refractivity contribution in [3.8, 4) is 0 Å². The molecule has 0 atom stereocenters. The van der Waals surface area contributed by atoms with Gasteiger partial charge in [0.25, 0.3) is 5.56 Å². The van der Waals surface area contributed by atoms with Crippen LogP contribution in [0.1, 0.15) is 26.2 Å². The molecule has 0 aliphatic heterocycles. The summed E-state index contributed by atoms with van der Waals surface area (Å²) in [6, 6.07) is 1.83. The van der Waals surface area contributed by atoms with Crippen LogP contribution >= 0.6 is 23.1 Å². The number of carbonyl (C=O) groups excluding carboxylic acids is 1. The lowest BCUT2D eigenvalue weighted by molar-refractivity contribution is -0.113. The zero-order chi connectivity index (χ0) is 17.6. The van der Waals surface area contributed by atoms with Gasteiger partial charge in [-0.05, 0) is 17.9 Å². The number of fused-ring (bicyclic) bond motifs is 1. The Hall–Kier alpha value is -2.20. The molecule has 3 aromatic heterocycles. The molecule has 3 heterocycles. The van der Waals surface area contributed by atoms with E-state index >= 15 is 0 Å². The first-order valence-electron chi connectivity index (χ1n) is 7.95. The number of hydrogen-bond acceptors (Lipinski definition) is 7. The zero-order valence-corrected chi connectivity index (χ0v) is 15.3. The minimum atomic E-state index is -0.235. The summed E-state index contributed by atoms with van der Waals surface area (Å²) in [6.45, 7) is 2.73. The van der Waals surface area contributed by atoms with Crippen molar-refractivity contribution in [2.45, 2.75) is 37.9 Å². The highest BCUT2D eigenvalue weighted by Crippen LogP contribution is 2.21. The van der Waals surface area contributed by atoms with Gasteiger partial charge in [-0.3, -0.25) is 19.5 Å². The van der Waals surface area contributed by atoms with E-state index in [1.54, 1.807) is 4.57 Å². The molecular formula is C15H18N6O2S2. The number of thiophene rings is 1. The molecule has 0 aliphatic rings. The molecule has 3 aromatic rings. The number of aromatic nitrogens is 5. The molecule has 25 heavy (non-hydrogen) atoms. The van der Waals surface area contributed by atoms with Crippen molar-refractivity contribution >= 4 is 45.2 Å². The normalized spacial score (nSPS) is 11.1. The molecule has 2 N–H and O–H groups in total. The summed E-state index contributed by atoms with van der Waals surface area (Å²) >= 11 is 2.65. The summed E-state index contributed by atoms with van der Waals surface area (Å²) in [4.78, 5) is 33.1. The molecule has 0 spiro atoms. The van der Waals surface area contributed by atoms with Crippen LogP contribution in [0.4, 0.5) is 5.95 Å². The van der Waals surface area contributed by atoms with Gasteiger partial charge in [-0.25, -0.2) is 10.1 Å². The van der Waals surface area contributed by atoms with E-state index in [1.807, 2.05) is 11.4 Å². The predicted molar refractivity (Wildman–Crippen MR) is 99.1 cm³/mol. The Bertz CT molecular complexity index is 903. The summed E-state index contributed by atoms with van der Waals surface area (Å²) in [5, 5.41) is 11.3. The van der Waals surface area contributed by atoms with Gasteiger partial charge < -0.3 is 0 Å². The zero-order valence-electron chi connectivity index (χ0n) is 13.7. The van der Waals surface area contributed by atoms with E-state index in [-0.39, 0.29) is 17.2 Å². The van der Waals surface area contributed by atoms with E-state index < -0.39 is 0 Å². The van der Waals surface area contributed by atoms with Gasteiger partial charge in [0.2, 0.25) is 11.9 Å². The molecule has 0 fully saturated rings. The van der Waals surface area contributed by atoms with Crippen LogP contribution < -0.4 is 10.9 Å². The van der Waals surface area contributed by atoms with Crippen LogP contribution in [0.2, 0.25) is 0 Å². The lowest BCUT2D eigenvalue weighted by atomic mass is 10.2. The Kier molecular flexibility index (Phi) is 5.82. The SMILES string of the molecule is CCCCCn1c(SCC(=O)Nc2ncn[nH]2)nc2ccsc2c1=O. The van der Waals surface area contributed by atoms with Crippen molar-refractivity contribution in [2.24, 2.45) is 0 Å². The lowest BCUT2D eigenvalue weighted by Crippen LogP contribution is -2.23. The molecule has 132 valence electrons. The number of H-pyrrole nitrogens is 1. The van der Waals surface area contributed by atoms with Crippen LogP contribution in [0.15, 0.2) is 27.7 Å². The number of nitrogens with one attached hydrogen (secondary N) is 2. The van der Waals surface area contributed by atoms with Gasteiger partial charge in [-0.2, -0.15) is 10.1 Å². The predicted octanol–water partition coefficient (Wildman–Crippen LogP) is 2.50. The maximum absolute atomic E-state index is 12.7. The second kappa shape index (κ2) is 8.26. The molecular weight excluding hydrogens is 360 g/mol. The Labute approximate surface area is 152 Å². The van der Waals surface area contributed by atoms with Gasteiger partial charge in [0.05, 0.1) is 11.3 Å². The summed E-state index contributed by atoms with van der Waals surface area (Å²) in [5.41, 5.74) is 0.647. The van der Waals surface area contributed by atoms with Crippen molar-refractivity contribution in [1.29, 1.82) is 0 Å². The van der Waals surface area contributed by atoms with Gasteiger partial charge >= 0.3 is 0 Å². The Morgan fingerprint density at radius 3 is 3.08 bits per heavy atom. The number of anilines is 1. The Balaban J connectivity index is 1.77. The van der Waals surface area contributed by atoms with Crippen LogP contribution in [0.3, 0.4) is 0 Å². The van der Waals surface area contributed by atoms with Crippen LogP contribution in [0.25, 0.3) is 10.2 Å². The number of unbranched alkanes of at least 4 members (excludes halogenated alkanes) is 2. The third-order valence-electron chi connectivity index (χ3n) is 3.52. The lowest BCUT2D eigenvalue weighted by Gasteiger charge is -2.11. The Morgan fingerprint density at radius 1 is 1.44 bits per heavy atom. The van der Waals surface area contributed by atoms with Crippen LogP contribution in [0, 0.1) is 0 Å². The van der Waals surface area contributed by atoms with E-state index in [4.69, 9.17) is 0 Å². The molecule has 0 saturated heterocycles. The molecule has 0 aliphatic carbocycles. The fourth-order valence-electron chi connectivity index (χ4n) is 2.31. The van der Waals surface area contributed by atoms with Crippen LogP contribution in [-0.2, 0) is 11.3 Å². The molecule has 8 nitrogen and oxygen atoms in total. The number of carbonyl (C=O) groups is 1. The van der Waals surface area contributed by atoms with Gasteiger partial charge in [-0.15, -0.1) is 11.3 Å². The molecule has 0 aromatic carbocycles. The minimum Gasteiger partial charge on any atom is -0.294 e. The number of nitrogens with zero attached hydrogens (tertiary/aromatic N) is 4. The van der Waals surface area contributed by atoms with Crippen molar-refractivity contribution in [2.75, 3.05) is 11.1 Å². The number of hydrogen-bond donors (Lipinski definition) is 2. The monoisotopic (exact) mass is 378 g/mol. The molecule has 0 saturated carbocycles. The van der Waals surface area contributed by atoms with Crippen LogP contribution in [0.5, 0.6) is 0 Å². The van der Waals surface area contributed by atoms with Gasteiger partial charge in [0, 0.05) is 6.54 Å². The molecule has 10 heteroatoms. The van der Waals surface area contributed by atoms with Crippen molar-refractivity contribution < 1.29 is 4.79 Å². The fraction of sp³-hybridized carbons (Fsp3) is 0.400. The third kappa shape index (κ3) is 4.26. The van der Waals surface area contributed by atoms with Crippen molar-refractivity contribution in [1.82, 2.24) is 24.7 Å². The van der Waals surface area contributed by atoms with Crippen molar-refractivity contribution in [3.05, 3.63) is 28.1 Å². The molecule has 3 rings (SSSR count). The largest absolute Gasteiger partial charge is 0.294 e. The highest BCUT2D eigenvalue weighted by Gasteiger charge is 2.14. The highest BCUT2D eigenvalue weighted by atomic mass is 32.2. The van der Waals surface area contributed by atoms with E-state index in [1.165, 1.54) is 29.4 Å². The average Bonchev–Trinajstić information content (AvgIpc) is 3.27. The second-order valence-corrected chi connectivity index (χ2v) is 7.22. The standard InChI is InChI=1S/C15H18N6O2S2/c1-2-3-4-6-21-13(23)12-10(5-7-24-12)18-15(21)25-8-11(22)19-14-16-9-17-20-14/h5,7,9H,2-4,6,8H2,1H3,(H2,16,17,19,20,22). The molecule has 0 bridgehead atoms. The van der Waals surface area contributed by atoms with E-state index in [0.29, 0.717) is 27.9 Å². The highest BCUT2D eigenvalue weighted by molar-refractivity contribution is 7.99. The maximum Gasteiger partial charge on any atom is 0.272 e. The molecule has 0 radical (unpaired) electrons. The quantitative estimate of drug-likeness (QED) is 0.354. The van der Waals surface area contributed by atoms with Crippen LogP contribution in [-0.4, -0.2) is 36.4 Å². The fourth-order valence-corrected chi connectivity index (χ4v) is 3.92. The van der Waals surface area contributed by atoms with Crippen molar-refractivity contribution in [3.63, 3.8) is 0 Å². The first-order chi connectivity index (χ1) is 12.2. The summed E-state index contributed by atoms with van der Waals surface area (Å²) in [7, 11) is 0. The number of rotatable bonds is 8. The number of amides is 1. The average molecular weight is 378 g/mol. The molecule has 0 unspecified atom stereocenters. The van der Waals surface area contributed by atoms with Gasteiger partial charge in [-0.1, -0.05) is 31.5 Å². The van der Waals surface area contributed by atoms with E-state index in [2.05, 4.69) is 32.4 Å². The summed E-state index contributed by atoms with van der Waals surface area (Å²) in [5.74, 6) is 0.199. The minimum absolute atomic E-state index is 0.0331. The first kappa shape index (κ1) is 17.6. The second-order valence-electron chi connectivity index (χ2n) is 5.36. The topological polar surface area (TPSA) is 106 Å². The van der Waals surface area contributed by atoms with E-state index in [9.17, 15) is 9.59 Å². The maximum atomic E-state index is 12.7. The smallest absolute Gasteiger partial charge is 0.272 e. The number of aromatic amines is 1. The first-order valence-corrected chi connectivity index (χ1v) is 9.81. The number of thioether (sulfide) groups is 1. The summed E-state index contributed by atoms with van der Waals surface area (Å²) in [6.07, 6.45) is 4.35. The molecule has 1 amide bonds. The summed E-state index contributed by atoms with van der Waals surface area (Å²) < 4.78 is 2.34. The van der Waals surface area contributed by atoms with Gasteiger partial charge in [0.15, 0.2) is 5.16 Å². The Morgan fingerprint density at radius 2 is 2.32 bits per heavy atom. The van der Waals surface area contributed by atoms with E-state index in [0.717, 1.165) is 19.3 Å². The van der Waals surface area contributed by atoms with Gasteiger partial charge in [0.1, 0.15) is 11.0 Å². The third-order valence-corrected chi connectivity index (χ3v) is 5.39.